The molecular formula is C24H21FN4O3S. The molecule has 168 valence electrons. The van der Waals surface area contributed by atoms with Crippen LogP contribution in [-0.4, -0.2) is 40.6 Å². The van der Waals surface area contributed by atoms with E-state index in [1.807, 2.05) is 30.3 Å². The number of benzene rings is 2. The first kappa shape index (κ1) is 21.3. The second-order valence-corrected chi connectivity index (χ2v) is 10.4. The van der Waals surface area contributed by atoms with Crippen molar-refractivity contribution in [3.05, 3.63) is 77.7 Å². The molecule has 1 fully saturated rings. The molecule has 5 rings (SSSR count). The fourth-order valence-corrected chi connectivity index (χ4v) is 5.93. The van der Waals surface area contributed by atoms with E-state index in [0.29, 0.717) is 40.1 Å². The molecule has 0 unspecified atom stereocenters. The maximum absolute atomic E-state index is 13.6. The van der Waals surface area contributed by atoms with E-state index in [2.05, 4.69) is 10.4 Å². The second kappa shape index (κ2) is 8.08. The maximum Gasteiger partial charge on any atom is 0.256 e. The summed E-state index contributed by atoms with van der Waals surface area (Å²) in [6.07, 6.45) is 0.445. The molecule has 1 aliphatic rings. The van der Waals surface area contributed by atoms with Crippen molar-refractivity contribution in [2.45, 2.75) is 19.4 Å². The van der Waals surface area contributed by atoms with Gasteiger partial charge in [-0.25, -0.2) is 22.5 Å². The predicted octanol–water partition coefficient (Wildman–Crippen LogP) is 4.16. The van der Waals surface area contributed by atoms with Crippen molar-refractivity contribution in [3.8, 4) is 11.3 Å². The number of sulfone groups is 1. The van der Waals surface area contributed by atoms with Crippen LogP contribution >= 0.6 is 0 Å². The average molecular weight is 465 g/mol. The van der Waals surface area contributed by atoms with Crippen LogP contribution in [0.5, 0.6) is 0 Å². The molecule has 4 aromatic rings. The lowest BCUT2D eigenvalue weighted by Gasteiger charge is -2.12. The van der Waals surface area contributed by atoms with Crippen molar-refractivity contribution in [2.24, 2.45) is 0 Å². The number of nitrogens with one attached hydrogen (secondary N) is 1. The molecule has 7 nitrogen and oxygen atoms in total. The smallest absolute Gasteiger partial charge is 0.256 e. The fraction of sp³-hybridized carbons (Fsp3) is 0.208. The van der Waals surface area contributed by atoms with Crippen molar-refractivity contribution in [3.63, 3.8) is 0 Å². The first-order valence-electron chi connectivity index (χ1n) is 10.5. The van der Waals surface area contributed by atoms with Gasteiger partial charge in [-0.3, -0.25) is 4.79 Å². The van der Waals surface area contributed by atoms with Gasteiger partial charge in [0, 0.05) is 11.3 Å². The summed E-state index contributed by atoms with van der Waals surface area (Å²) in [5.41, 5.74) is 3.08. The second-order valence-electron chi connectivity index (χ2n) is 8.17. The molecule has 0 saturated carbocycles. The lowest BCUT2D eigenvalue weighted by Crippen LogP contribution is -2.15. The van der Waals surface area contributed by atoms with Crippen molar-refractivity contribution in [1.82, 2.24) is 14.8 Å². The number of anilines is 1. The number of nitrogens with zero attached hydrogens (tertiary/aromatic N) is 3. The van der Waals surface area contributed by atoms with Crippen molar-refractivity contribution < 1.29 is 17.6 Å². The monoisotopic (exact) mass is 464 g/mol. The third-order valence-electron chi connectivity index (χ3n) is 5.79. The summed E-state index contributed by atoms with van der Waals surface area (Å²) in [6.45, 7) is 1.77. The van der Waals surface area contributed by atoms with E-state index in [0.717, 1.165) is 5.56 Å². The van der Waals surface area contributed by atoms with Crippen LogP contribution < -0.4 is 5.32 Å². The summed E-state index contributed by atoms with van der Waals surface area (Å²) < 4.78 is 39.5. The summed E-state index contributed by atoms with van der Waals surface area (Å²) >= 11 is 0. The number of hydrogen-bond acceptors (Lipinski definition) is 5. The topological polar surface area (TPSA) is 93.9 Å². The number of hydrogen-bond donors (Lipinski definition) is 1. The summed E-state index contributed by atoms with van der Waals surface area (Å²) in [7, 11) is -3.14. The number of carbonyl (C=O) groups is 1. The van der Waals surface area contributed by atoms with Gasteiger partial charge < -0.3 is 5.32 Å². The number of rotatable bonds is 4. The standard InChI is InChI=1S/C24H21FN4O3S/c1-15-22-20(24(30)26-18-9-5-8-17(25)12-18)13-21(16-6-3-2-4-7-16)27-23(22)29(28-15)19-10-11-33(31,32)14-19/h2-9,12-13,19H,10-11,14H2,1H3,(H,26,30)/t19-/m1/s1. The zero-order valence-electron chi connectivity index (χ0n) is 17.8. The molecule has 1 N–H and O–H groups in total. The maximum atomic E-state index is 13.6. The van der Waals surface area contributed by atoms with Gasteiger partial charge in [0.2, 0.25) is 0 Å². The number of aromatic nitrogens is 3. The van der Waals surface area contributed by atoms with Crippen LogP contribution in [0.1, 0.15) is 28.5 Å². The Morgan fingerprint density at radius 1 is 1.12 bits per heavy atom. The van der Waals surface area contributed by atoms with Gasteiger partial charge in [-0.05, 0) is 37.6 Å². The van der Waals surface area contributed by atoms with Crippen LogP contribution in [0.25, 0.3) is 22.3 Å². The molecule has 1 saturated heterocycles. The molecule has 0 spiro atoms. The van der Waals surface area contributed by atoms with Crippen molar-refractivity contribution >= 4 is 32.5 Å². The highest BCUT2D eigenvalue weighted by molar-refractivity contribution is 7.91. The number of amides is 1. The highest BCUT2D eigenvalue weighted by atomic mass is 32.2. The van der Waals surface area contributed by atoms with Crippen molar-refractivity contribution in [1.29, 1.82) is 0 Å². The van der Waals surface area contributed by atoms with Gasteiger partial charge in [-0.1, -0.05) is 36.4 Å². The van der Waals surface area contributed by atoms with E-state index in [4.69, 9.17) is 4.98 Å². The molecule has 1 atom stereocenters. The Morgan fingerprint density at radius 2 is 1.91 bits per heavy atom. The molecule has 0 bridgehead atoms. The Morgan fingerprint density at radius 3 is 2.61 bits per heavy atom. The van der Waals surface area contributed by atoms with E-state index in [1.165, 1.54) is 18.2 Å². The Balaban J connectivity index is 1.68. The minimum atomic E-state index is -3.14. The minimum absolute atomic E-state index is 0.00864. The summed E-state index contributed by atoms with van der Waals surface area (Å²) in [6, 6.07) is 16.4. The van der Waals surface area contributed by atoms with Crippen LogP contribution in [-0.2, 0) is 9.84 Å². The Hall–Kier alpha value is -3.59. The Labute approximate surface area is 190 Å². The SMILES string of the molecule is Cc1nn([C@@H]2CCS(=O)(=O)C2)c2nc(-c3ccccc3)cc(C(=O)Nc3cccc(F)c3)c12. The lowest BCUT2D eigenvalue weighted by molar-refractivity contribution is 0.102. The quantitative estimate of drug-likeness (QED) is 0.490. The molecule has 2 aromatic carbocycles. The lowest BCUT2D eigenvalue weighted by atomic mass is 10.0. The van der Waals surface area contributed by atoms with E-state index in [9.17, 15) is 17.6 Å². The van der Waals surface area contributed by atoms with Crippen LogP contribution in [0.2, 0.25) is 0 Å². The van der Waals surface area contributed by atoms with Crippen LogP contribution in [0.4, 0.5) is 10.1 Å². The van der Waals surface area contributed by atoms with Gasteiger partial charge in [0.15, 0.2) is 15.5 Å². The zero-order valence-corrected chi connectivity index (χ0v) is 18.6. The molecular weight excluding hydrogens is 443 g/mol. The number of pyridine rings is 1. The molecule has 33 heavy (non-hydrogen) atoms. The third kappa shape index (κ3) is 4.11. The first-order valence-corrected chi connectivity index (χ1v) is 12.4. The summed E-state index contributed by atoms with van der Waals surface area (Å²) in [4.78, 5) is 18.1. The van der Waals surface area contributed by atoms with Gasteiger partial charge in [0.25, 0.3) is 5.91 Å². The minimum Gasteiger partial charge on any atom is -0.322 e. The van der Waals surface area contributed by atoms with E-state index < -0.39 is 21.6 Å². The number of aryl methyl sites for hydroxylation is 1. The largest absolute Gasteiger partial charge is 0.322 e. The first-order chi connectivity index (χ1) is 15.8. The molecule has 9 heteroatoms. The summed E-state index contributed by atoms with van der Waals surface area (Å²) in [5, 5.41) is 7.88. The molecule has 3 heterocycles. The number of halogens is 1. The normalized spacial score (nSPS) is 17.3. The molecule has 0 radical (unpaired) electrons. The van der Waals surface area contributed by atoms with E-state index >= 15 is 0 Å². The molecule has 1 amide bonds. The van der Waals surface area contributed by atoms with E-state index in [1.54, 1.807) is 23.7 Å². The summed E-state index contributed by atoms with van der Waals surface area (Å²) in [5.74, 6) is -0.787. The number of fused-ring (bicyclic) bond motifs is 1. The highest BCUT2D eigenvalue weighted by Gasteiger charge is 2.32. The van der Waals surface area contributed by atoms with Gasteiger partial charge in [0.1, 0.15) is 5.82 Å². The highest BCUT2D eigenvalue weighted by Crippen LogP contribution is 2.32. The van der Waals surface area contributed by atoms with E-state index in [-0.39, 0.29) is 17.5 Å². The van der Waals surface area contributed by atoms with Crippen LogP contribution in [0.3, 0.4) is 0 Å². The van der Waals surface area contributed by atoms with Gasteiger partial charge >= 0.3 is 0 Å². The van der Waals surface area contributed by atoms with Crippen LogP contribution in [0, 0.1) is 12.7 Å². The molecule has 2 aromatic heterocycles. The third-order valence-corrected chi connectivity index (χ3v) is 7.54. The predicted molar refractivity (Wildman–Crippen MR) is 124 cm³/mol. The average Bonchev–Trinajstić information content (AvgIpc) is 3.32. The Bertz CT molecular complexity index is 1480. The molecule has 1 aliphatic heterocycles. The van der Waals surface area contributed by atoms with Crippen LogP contribution in [0.15, 0.2) is 60.7 Å². The van der Waals surface area contributed by atoms with Crippen molar-refractivity contribution in [2.75, 3.05) is 16.8 Å². The fourth-order valence-electron chi connectivity index (χ4n) is 4.24. The Kier molecular flexibility index (Phi) is 5.20. The number of carbonyl (C=O) groups excluding carboxylic acids is 1. The van der Waals surface area contributed by atoms with Gasteiger partial charge in [-0.2, -0.15) is 5.10 Å². The molecule has 0 aliphatic carbocycles. The van der Waals surface area contributed by atoms with Gasteiger partial charge in [0.05, 0.1) is 39.9 Å². The zero-order chi connectivity index (χ0) is 23.2. The van der Waals surface area contributed by atoms with Gasteiger partial charge in [-0.15, -0.1) is 0 Å².